The third-order valence-electron chi connectivity index (χ3n) is 2.02. The molecular weight excluding hydrogens is 278 g/mol. The van der Waals surface area contributed by atoms with Crippen LogP contribution in [0.1, 0.15) is 30.3 Å². The van der Waals surface area contributed by atoms with Gasteiger partial charge in [-0.05, 0) is 22.4 Å². The summed E-state index contributed by atoms with van der Waals surface area (Å²) in [5.41, 5.74) is 0.769. The normalized spacial score (nSPS) is 10.9. The highest BCUT2D eigenvalue weighted by Gasteiger charge is 2.08. The molecule has 86 valence electrons. The van der Waals surface area contributed by atoms with Crippen LogP contribution in [0.2, 0.25) is 0 Å². The average Bonchev–Trinajstić information content (AvgIpc) is 2.59. The van der Waals surface area contributed by atoms with Gasteiger partial charge in [-0.1, -0.05) is 13.3 Å². The van der Waals surface area contributed by atoms with E-state index in [9.17, 15) is 0 Å². The Hall–Kier alpha value is 0.0300. The third kappa shape index (κ3) is 4.59. The second kappa shape index (κ2) is 7.33. The summed E-state index contributed by atoms with van der Waals surface area (Å²) in [6.07, 6.45) is 3.11. The van der Waals surface area contributed by atoms with Crippen LogP contribution in [-0.2, 0) is 17.8 Å². The predicted molar refractivity (Wildman–Crippen MR) is 65.2 cm³/mol. The first-order valence-corrected chi connectivity index (χ1v) is 6.71. The molecule has 1 rings (SSSR count). The number of thiazole rings is 1. The van der Waals surface area contributed by atoms with Crippen LogP contribution in [-0.4, -0.2) is 23.3 Å². The Morgan fingerprint density at radius 1 is 1.47 bits per heavy atom. The van der Waals surface area contributed by atoms with Gasteiger partial charge in [-0.15, -0.1) is 11.3 Å². The van der Waals surface area contributed by atoms with Gasteiger partial charge in [-0.2, -0.15) is 0 Å². The molecule has 0 aliphatic rings. The van der Waals surface area contributed by atoms with E-state index in [1.165, 1.54) is 0 Å². The van der Waals surface area contributed by atoms with E-state index in [4.69, 9.17) is 9.84 Å². The average molecular weight is 294 g/mol. The van der Waals surface area contributed by atoms with Crippen LogP contribution in [0.15, 0.2) is 3.92 Å². The van der Waals surface area contributed by atoms with E-state index in [0.717, 1.165) is 40.4 Å². The lowest BCUT2D eigenvalue weighted by atomic mass is 10.3. The minimum atomic E-state index is 0.00634. The second-order valence-corrected chi connectivity index (χ2v) is 5.57. The van der Waals surface area contributed by atoms with Gasteiger partial charge in [0.1, 0.15) is 0 Å². The zero-order chi connectivity index (χ0) is 11.1. The number of rotatable bonds is 7. The van der Waals surface area contributed by atoms with Crippen molar-refractivity contribution in [2.24, 2.45) is 0 Å². The number of halogens is 1. The van der Waals surface area contributed by atoms with Gasteiger partial charge in [0, 0.05) is 17.9 Å². The highest BCUT2D eigenvalue weighted by atomic mass is 79.9. The van der Waals surface area contributed by atoms with E-state index in [-0.39, 0.29) is 6.61 Å². The summed E-state index contributed by atoms with van der Waals surface area (Å²) in [6.45, 7) is 3.69. The molecule has 1 heterocycles. The number of ether oxygens (including phenoxy) is 1. The second-order valence-electron chi connectivity index (χ2n) is 3.21. The lowest BCUT2D eigenvalue weighted by Crippen LogP contribution is -2.01. The molecule has 0 fully saturated rings. The van der Waals surface area contributed by atoms with Crippen LogP contribution >= 0.6 is 27.3 Å². The summed E-state index contributed by atoms with van der Waals surface area (Å²) < 4.78 is 6.30. The predicted octanol–water partition coefficient (Wildman–Crippen LogP) is 2.76. The molecule has 0 saturated carbocycles. The van der Waals surface area contributed by atoms with E-state index in [2.05, 4.69) is 27.8 Å². The largest absolute Gasteiger partial charge is 0.390 e. The van der Waals surface area contributed by atoms with E-state index >= 15 is 0 Å². The Morgan fingerprint density at radius 3 is 2.93 bits per heavy atom. The number of aliphatic hydroxyl groups excluding tert-OH is 1. The van der Waals surface area contributed by atoms with Gasteiger partial charge in [0.25, 0.3) is 0 Å². The molecule has 0 amide bonds. The van der Waals surface area contributed by atoms with Crippen LogP contribution < -0.4 is 0 Å². The van der Waals surface area contributed by atoms with Gasteiger partial charge in [-0.3, -0.25) is 0 Å². The number of nitrogens with zero attached hydrogens (tertiary/aromatic N) is 1. The van der Waals surface area contributed by atoms with E-state index in [1.807, 2.05) is 0 Å². The Balaban J connectivity index is 2.30. The molecule has 0 unspecified atom stereocenters. The van der Waals surface area contributed by atoms with Gasteiger partial charge in [0.05, 0.1) is 18.9 Å². The fraction of sp³-hybridized carbons (Fsp3) is 0.700. The zero-order valence-corrected chi connectivity index (χ0v) is 11.2. The Bertz CT molecular complexity index is 291. The van der Waals surface area contributed by atoms with Crippen molar-refractivity contribution in [3.05, 3.63) is 14.5 Å². The summed E-state index contributed by atoms with van der Waals surface area (Å²) in [4.78, 5) is 5.29. The molecule has 1 aromatic heterocycles. The lowest BCUT2D eigenvalue weighted by Gasteiger charge is -2.02. The maximum Gasteiger partial charge on any atom is 0.159 e. The number of hydrogen-bond acceptors (Lipinski definition) is 4. The van der Waals surface area contributed by atoms with Crippen molar-refractivity contribution < 1.29 is 9.84 Å². The molecule has 3 nitrogen and oxygen atoms in total. The topological polar surface area (TPSA) is 42.4 Å². The summed E-state index contributed by atoms with van der Waals surface area (Å²) in [6, 6.07) is 0. The minimum absolute atomic E-state index is 0.00634. The van der Waals surface area contributed by atoms with Crippen molar-refractivity contribution in [2.45, 2.75) is 32.8 Å². The zero-order valence-electron chi connectivity index (χ0n) is 8.83. The maximum atomic E-state index is 9.06. The maximum absolute atomic E-state index is 9.06. The fourth-order valence-electron chi connectivity index (χ4n) is 1.18. The first kappa shape index (κ1) is 13.1. The molecule has 0 radical (unpaired) electrons. The SMILES string of the molecule is CCCCOCCc1sc(Br)nc1CO. The van der Waals surface area contributed by atoms with Crippen molar-refractivity contribution in [1.82, 2.24) is 4.98 Å². The molecular formula is C10H16BrNO2S. The third-order valence-corrected chi connectivity index (χ3v) is 3.63. The van der Waals surface area contributed by atoms with Gasteiger partial charge in [0.15, 0.2) is 3.92 Å². The van der Waals surface area contributed by atoms with E-state index in [1.54, 1.807) is 11.3 Å². The number of aliphatic hydroxyl groups is 1. The molecule has 0 aliphatic carbocycles. The molecule has 0 bridgehead atoms. The summed E-state index contributed by atoms with van der Waals surface area (Å²) >= 11 is 4.88. The molecule has 0 aliphatic heterocycles. The van der Waals surface area contributed by atoms with Crippen LogP contribution in [0.3, 0.4) is 0 Å². The quantitative estimate of drug-likeness (QED) is 0.786. The lowest BCUT2D eigenvalue weighted by molar-refractivity contribution is 0.134. The van der Waals surface area contributed by atoms with Crippen molar-refractivity contribution in [3.63, 3.8) is 0 Å². The molecule has 15 heavy (non-hydrogen) atoms. The molecule has 0 spiro atoms. The first-order valence-electron chi connectivity index (χ1n) is 5.10. The van der Waals surface area contributed by atoms with E-state index in [0.29, 0.717) is 6.61 Å². The highest BCUT2D eigenvalue weighted by Crippen LogP contribution is 2.23. The summed E-state index contributed by atoms with van der Waals surface area (Å²) in [7, 11) is 0. The number of unbranched alkanes of at least 4 members (excludes halogenated alkanes) is 1. The van der Waals surface area contributed by atoms with Crippen molar-refractivity contribution in [1.29, 1.82) is 0 Å². The van der Waals surface area contributed by atoms with Crippen molar-refractivity contribution in [2.75, 3.05) is 13.2 Å². The minimum Gasteiger partial charge on any atom is -0.390 e. The van der Waals surface area contributed by atoms with Crippen molar-refractivity contribution >= 4 is 27.3 Å². The fourth-order valence-corrected chi connectivity index (χ4v) is 2.76. The Morgan fingerprint density at radius 2 is 2.27 bits per heavy atom. The molecule has 0 saturated heterocycles. The van der Waals surface area contributed by atoms with E-state index < -0.39 is 0 Å². The van der Waals surface area contributed by atoms with Crippen LogP contribution in [0, 0.1) is 0 Å². The van der Waals surface area contributed by atoms with Gasteiger partial charge in [-0.25, -0.2) is 4.98 Å². The van der Waals surface area contributed by atoms with Crippen molar-refractivity contribution in [3.8, 4) is 0 Å². The van der Waals surface area contributed by atoms with Crippen LogP contribution in [0.5, 0.6) is 0 Å². The smallest absolute Gasteiger partial charge is 0.159 e. The van der Waals surface area contributed by atoms with Gasteiger partial charge >= 0.3 is 0 Å². The van der Waals surface area contributed by atoms with Crippen LogP contribution in [0.4, 0.5) is 0 Å². The highest BCUT2D eigenvalue weighted by molar-refractivity contribution is 9.11. The Kier molecular flexibility index (Phi) is 6.40. The standard InChI is InChI=1S/C10H16BrNO2S/c1-2-3-5-14-6-4-9-8(7-13)12-10(11)15-9/h13H,2-7H2,1H3. The van der Waals surface area contributed by atoms with Gasteiger partial charge in [0.2, 0.25) is 0 Å². The molecule has 5 heteroatoms. The molecule has 1 aromatic rings. The summed E-state index contributed by atoms with van der Waals surface area (Å²) in [5.74, 6) is 0. The Labute approximate surface area is 103 Å². The molecule has 0 atom stereocenters. The summed E-state index contributed by atoms with van der Waals surface area (Å²) in [5, 5.41) is 9.06. The first-order chi connectivity index (χ1) is 7.27. The molecule has 1 N–H and O–H groups in total. The van der Waals surface area contributed by atoms with Crippen LogP contribution in [0.25, 0.3) is 0 Å². The van der Waals surface area contributed by atoms with Gasteiger partial charge < -0.3 is 9.84 Å². The molecule has 0 aromatic carbocycles. The monoisotopic (exact) mass is 293 g/mol. The number of hydrogen-bond donors (Lipinski definition) is 1. The number of aromatic nitrogens is 1.